The van der Waals surface area contributed by atoms with Crippen LogP contribution >= 0.6 is 0 Å². The first-order valence-electron chi connectivity index (χ1n) is 6.41. The van der Waals surface area contributed by atoms with Crippen LogP contribution in [0.15, 0.2) is 23.7 Å². The van der Waals surface area contributed by atoms with E-state index >= 15 is 0 Å². The molecular formula is C14H25BO2. The first-order valence-corrected chi connectivity index (χ1v) is 6.41. The third-order valence-corrected chi connectivity index (χ3v) is 3.63. The SMILES string of the molecule is C=C(/C=C(\C)B1OC(C)(C)C(C)(C)O1)CCC. The molecule has 0 atom stereocenters. The predicted molar refractivity (Wildman–Crippen MR) is 73.9 cm³/mol. The molecule has 0 aromatic rings. The molecule has 0 spiro atoms. The average molecular weight is 236 g/mol. The monoisotopic (exact) mass is 236 g/mol. The lowest BCUT2D eigenvalue weighted by atomic mass is 9.78. The fraction of sp³-hybridized carbons (Fsp3) is 0.714. The topological polar surface area (TPSA) is 18.5 Å². The molecule has 1 rings (SSSR count). The summed E-state index contributed by atoms with van der Waals surface area (Å²) in [6.45, 7) is 16.5. The van der Waals surface area contributed by atoms with Gasteiger partial charge in [0, 0.05) is 0 Å². The van der Waals surface area contributed by atoms with Crippen LogP contribution in [0.3, 0.4) is 0 Å². The minimum atomic E-state index is -0.265. The van der Waals surface area contributed by atoms with Crippen molar-refractivity contribution in [3.8, 4) is 0 Å². The molecule has 1 fully saturated rings. The van der Waals surface area contributed by atoms with Crippen molar-refractivity contribution in [2.45, 2.75) is 65.6 Å². The van der Waals surface area contributed by atoms with Crippen molar-refractivity contribution in [2.24, 2.45) is 0 Å². The molecule has 0 radical (unpaired) electrons. The highest BCUT2D eigenvalue weighted by Crippen LogP contribution is 2.38. The highest BCUT2D eigenvalue weighted by molar-refractivity contribution is 6.54. The van der Waals surface area contributed by atoms with Gasteiger partial charge in [-0.2, -0.15) is 0 Å². The molecule has 1 aliphatic rings. The lowest BCUT2D eigenvalue weighted by Crippen LogP contribution is -2.41. The summed E-state index contributed by atoms with van der Waals surface area (Å²) in [5, 5.41) is 0. The van der Waals surface area contributed by atoms with Crippen LogP contribution in [-0.2, 0) is 9.31 Å². The molecule has 2 nitrogen and oxygen atoms in total. The van der Waals surface area contributed by atoms with E-state index in [1.807, 2.05) is 6.92 Å². The van der Waals surface area contributed by atoms with Crippen LogP contribution in [0.2, 0.25) is 0 Å². The molecule has 0 saturated carbocycles. The van der Waals surface area contributed by atoms with Crippen LogP contribution < -0.4 is 0 Å². The number of hydrogen-bond acceptors (Lipinski definition) is 2. The number of hydrogen-bond donors (Lipinski definition) is 0. The Morgan fingerprint density at radius 1 is 1.18 bits per heavy atom. The van der Waals surface area contributed by atoms with Crippen LogP contribution in [0.1, 0.15) is 54.4 Å². The van der Waals surface area contributed by atoms with Crippen LogP contribution in [0.25, 0.3) is 0 Å². The normalized spacial score (nSPS) is 22.9. The van der Waals surface area contributed by atoms with Crippen LogP contribution in [0, 0.1) is 0 Å². The zero-order valence-corrected chi connectivity index (χ0v) is 12.1. The minimum Gasteiger partial charge on any atom is -0.400 e. The van der Waals surface area contributed by atoms with Gasteiger partial charge < -0.3 is 9.31 Å². The van der Waals surface area contributed by atoms with Crippen molar-refractivity contribution in [2.75, 3.05) is 0 Å². The first kappa shape index (κ1) is 14.5. The minimum absolute atomic E-state index is 0.242. The smallest absolute Gasteiger partial charge is 0.400 e. The molecule has 0 unspecified atom stereocenters. The van der Waals surface area contributed by atoms with E-state index < -0.39 is 0 Å². The second kappa shape index (κ2) is 4.99. The third kappa shape index (κ3) is 3.23. The average Bonchev–Trinajstić information content (AvgIpc) is 2.36. The second-order valence-electron chi connectivity index (χ2n) is 5.88. The summed E-state index contributed by atoms with van der Waals surface area (Å²) in [5.74, 6) is 0. The van der Waals surface area contributed by atoms with E-state index in [1.165, 1.54) is 0 Å². The number of allylic oxidation sites excluding steroid dienone is 3. The number of rotatable bonds is 4. The van der Waals surface area contributed by atoms with Gasteiger partial charge in [-0.15, -0.1) is 0 Å². The van der Waals surface area contributed by atoms with Crippen LogP contribution in [0.5, 0.6) is 0 Å². The Morgan fingerprint density at radius 3 is 2.06 bits per heavy atom. The Balaban J connectivity index is 2.74. The second-order valence-corrected chi connectivity index (χ2v) is 5.88. The van der Waals surface area contributed by atoms with Crippen molar-refractivity contribution in [1.82, 2.24) is 0 Å². The highest BCUT2D eigenvalue weighted by Gasteiger charge is 2.51. The summed E-state index contributed by atoms with van der Waals surface area (Å²) in [4.78, 5) is 0. The van der Waals surface area contributed by atoms with Gasteiger partial charge in [-0.1, -0.05) is 31.6 Å². The molecule has 0 aliphatic carbocycles. The fourth-order valence-corrected chi connectivity index (χ4v) is 1.81. The predicted octanol–water partition coefficient (Wildman–Crippen LogP) is 3.92. The van der Waals surface area contributed by atoms with Crippen molar-refractivity contribution >= 4 is 7.12 Å². The third-order valence-electron chi connectivity index (χ3n) is 3.63. The van der Waals surface area contributed by atoms with Gasteiger partial charge in [0.2, 0.25) is 0 Å². The molecule has 0 amide bonds. The zero-order chi connectivity index (χ0) is 13.3. The van der Waals surface area contributed by atoms with E-state index in [-0.39, 0.29) is 18.3 Å². The summed E-state index contributed by atoms with van der Waals surface area (Å²) in [5.41, 5.74) is 1.71. The largest absolute Gasteiger partial charge is 0.490 e. The molecule has 1 heterocycles. The molecule has 0 bridgehead atoms. The summed E-state index contributed by atoms with van der Waals surface area (Å²) < 4.78 is 11.9. The van der Waals surface area contributed by atoms with E-state index in [0.29, 0.717) is 0 Å². The van der Waals surface area contributed by atoms with Crippen LogP contribution in [-0.4, -0.2) is 18.3 Å². The standard InChI is InChI=1S/C14H25BO2/c1-8-9-11(2)10-12(3)15-16-13(4,5)14(6,7)17-15/h10H,2,8-9H2,1,3-7H3/b12-10+. The summed E-state index contributed by atoms with van der Waals surface area (Å²) in [6.07, 6.45) is 4.23. The quantitative estimate of drug-likeness (QED) is 0.544. The molecule has 96 valence electrons. The highest BCUT2D eigenvalue weighted by atomic mass is 16.7. The Bertz CT molecular complexity index is 313. The van der Waals surface area contributed by atoms with E-state index in [0.717, 1.165) is 23.9 Å². The molecule has 3 heteroatoms. The first-order chi connectivity index (χ1) is 7.69. The van der Waals surface area contributed by atoms with Gasteiger partial charge in [0.1, 0.15) is 0 Å². The summed E-state index contributed by atoms with van der Waals surface area (Å²) >= 11 is 0. The Kier molecular flexibility index (Phi) is 4.26. The summed E-state index contributed by atoms with van der Waals surface area (Å²) in [6, 6.07) is 0. The van der Waals surface area contributed by atoms with Crippen molar-refractivity contribution < 1.29 is 9.31 Å². The maximum Gasteiger partial charge on any atom is 0.490 e. The molecular weight excluding hydrogens is 211 g/mol. The van der Waals surface area contributed by atoms with E-state index in [1.54, 1.807) is 0 Å². The van der Waals surface area contributed by atoms with E-state index in [2.05, 4.69) is 47.3 Å². The van der Waals surface area contributed by atoms with Gasteiger partial charge in [0.15, 0.2) is 0 Å². The Hall–Kier alpha value is -0.535. The fourth-order valence-electron chi connectivity index (χ4n) is 1.81. The van der Waals surface area contributed by atoms with Crippen molar-refractivity contribution in [3.63, 3.8) is 0 Å². The van der Waals surface area contributed by atoms with Gasteiger partial charge in [-0.3, -0.25) is 0 Å². The van der Waals surface area contributed by atoms with Crippen LogP contribution in [0.4, 0.5) is 0 Å². The molecule has 1 aliphatic heterocycles. The molecule has 17 heavy (non-hydrogen) atoms. The van der Waals surface area contributed by atoms with Crippen molar-refractivity contribution in [1.29, 1.82) is 0 Å². The van der Waals surface area contributed by atoms with Gasteiger partial charge in [0.05, 0.1) is 11.2 Å². The lowest BCUT2D eigenvalue weighted by Gasteiger charge is -2.32. The zero-order valence-electron chi connectivity index (χ0n) is 12.1. The maximum atomic E-state index is 5.97. The lowest BCUT2D eigenvalue weighted by molar-refractivity contribution is 0.00578. The maximum absolute atomic E-state index is 5.97. The Morgan fingerprint density at radius 2 is 1.65 bits per heavy atom. The van der Waals surface area contributed by atoms with E-state index in [9.17, 15) is 0 Å². The molecule has 0 aromatic heterocycles. The van der Waals surface area contributed by atoms with E-state index in [4.69, 9.17) is 9.31 Å². The Labute approximate surface area is 106 Å². The van der Waals surface area contributed by atoms with Gasteiger partial charge in [-0.25, -0.2) is 0 Å². The summed E-state index contributed by atoms with van der Waals surface area (Å²) in [7, 11) is -0.242. The molecule has 0 N–H and O–H groups in total. The molecule has 1 saturated heterocycles. The van der Waals surface area contributed by atoms with Gasteiger partial charge in [-0.05, 0) is 46.5 Å². The molecule has 0 aromatic carbocycles. The van der Waals surface area contributed by atoms with Crippen molar-refractivity contribution in [3.05, 3.63) is 23.7 Å². The van der Waals surface area contributed by atoms with Gasteiger partial charge >= 0.3 is 7.12 Å². The van der Waals surface area contributed by atoms with Gasteiger partial charge in [0.25, 0.3) is 0 Å².